The first-order valence-corrected chi connectivity index (χ1v) is 11.3. The molecule has 8 heteroatoms. The van der Waals surface area contributed by atoms with Crippen LogP contribution in [-0.4, -0.2) is 22.1 Å². The summed E-state index contributed by atoms with van der Waals surface area (Å²) in [7, 11) is 1.81. The SMILES string of the molecule is CCOc1cccc([C@@H]2CC(=O)Nc3c2c(=O)nc(SCc2ccccc2Cl)n3C)c1. The summed E-state index contributed by atoms with van der Waals surface area (Å²) in [5.74, 6) is 1.25. The number of benzene rings is 2. The first kappa shape index (κ1) is 21.5. The molecule has 1 aromatic heterocycles. The van der Waals surface area contributed by atoms with Crippen LogP contribution in [0.1, 0.15) is 36.0 Å². The highest BCUT2D eigenvalue weighted by Crippen LogP contribution is 2.37. The molecule has 1 aliphatic rings. The zero-order valence-electron chi connectivity index (χ0n) is 17.2. The minimum Gasteiger partial charge on any atom is -0.494 e. The van der Waals surface area contributed by atoms with Gasteiger partial charge in [0.25, 0.3) is 5.56 Å². The number of fused-ring (bicyclic) bond motifs is 1. The van der Waals surface area contributed by atoms with E-state index in [2.05, 4.69) is 10.3 Å². The molecule has 2 heterocycles. The Labute approximate surface area is 189 Å². The monoisotopic (exact) mass is 455 g/mol. The van der Waals surface area contributed by atoms with Crippen molar-refractivity contribution in [2.24, 2.45) is 7.05 Å². The van der Waals surface area contributed by atoms with Gasteiger partial charge in [0, 0.05) is 30.2 Å². The second-order valence-electron chi connectivity index (χ2n) is 7.21. The van der Waals surface area contributed by atoms with Gasteiger partial charge in [-0.3, -0.25) is 9.59 Å². The molecule has 2 aromatic carbocycles. The van der Waals surface area contributed by atoms with Crippen molar-refractivity contribution in [1.29, 1.82) is 0 Å². The molecule has 0 aliphatic carbocycles. The van der Waals surface area contributed by atoms with E-state index in [-0.39, 0.29) is 23.8 Å². The van der Waals surface area contributed by atoms with E-state index >= 15 is 0 Å². The van der Waals surface area contributed by atoms with Gasteiger partial charge in [-0.15, -0.1) is 0 Å². The number of thioether (sulfide) groups is 1. The average molecular weight is 456 g/mol. The Morgan fingerprint density at radius 2 is 2.03 bits per heavy atom. The largest absolute Gasteiger partial charge is 0.494 e. The van der Waals surface area contributed by atoms with Crippen LogP contribution in [0.25, 0.3) is 0 Å². The Balaban J connectivity index is 1.71. The standard InChI is InChI=1S/C23H22ClN3O3S/c1-3-30-16-9-6-8-14(11-16)17-12-19(28)25-21-20(17)22(29)26-23(27(21)2)31-13-15-7-4-5-10-18(15)24/h4-11,17H,3,12-13H2,1-2H3,(H,25,28)/t17-/m0/s1. The number of hydrogen-bond acceptors (Lipinski definition) is 5. The molecule has 0 fully saturated rings. The van der Waals surface area contributed by atoms with Crippen molar-refractivity contribution in [3.05, 3.63) is 80.6 Å². The number of aromatic nitrogens is 2. The summed E-state index contributed by atoms with van der Waals surface area (Å²) in [4.78, 5) is 29.9. The molecule has 3 aromatic rings. The van der Waals surface area contributed by atoms with E-state index in [1.165, 1.54) is 11.8 Å². The van der Waals surface area contributed by atoms with Crippen LogP contribution in [0.2, 0.25) is 5.02 Å². The quantitative estimate of drug-likeness (QED) is 0.434. The van der Waals surface area contributed by atoms with Crippen molar-refractivity contribution >= 4 is 35.1 Å². The second-order valence-corrected chi connectivity index (χ2v) is 8.56. The van der Waals surface area contributed by atoms with Gasteiger partial charge in [-0.1, -0.05) is 53.7 Å². The Hall–Kier alpha value is -2.77. The summed E-state index contributed by atoms with van der Waals surface area (Å²) in [5, 5.41) is 4.06. The van der Waals surface area contributed by atoms with Crippen LogP contribution in [0.4, 0.5) is 5.82 Å². The molecule has 0 radical (unpaired) electrons. The second kappa shape index (κ2) is 9.16. The normalized spacial score (nSPS) is 15.3. The third-order valence-electron chi connectivity index (χ3n) is 5.19. The van der Waals surface area contributed by atoms with E-state index in [1.54, 1.807) is 11.6 Å². The highest BCUT2D eigenvalue weighted by molar-refractivity contribution is 7.98. The number of rotatable bonds is 6. The fourth-order valence-corrected chi connectivity index (χ4v) is 4.95. The lowest BCUT2D eigenvalue weighted by Crippen LogP contribution is -2.33. The Bertz CT molecular complexity index is 1190. The van der Waals surface area contributed by atoms with Crippen molar-refractivity contribution in [2.45, 2.75) is 30.2 Å². The number of carbonyl (C=O) groups excluding carboxylic acids is 1. The minimum atomic E-state index is -0.377. The third kappa shape index (κ3) is 4.48. The first-order valence-electron chi connectivity index (χ1n) is 9.97. The summed E-state index contributed by atoms with van der Waals surface area (Å²) < 4.78 is 7.37. The fraction of sp³-hybridized carbons (Fsp3) is 0.261. The molecular weight excluding hydrogens is 434 g/mol. The van der Waals surface area contributed by atoms with Crippen LogP contribution < -0.4 is 15.6 Å². The van der Waals surface area contributed by atoms with E-state index in [0.717, 1.165) is 11.1 Å². The number of anilines is 1. The summed E-state index contributed by atoms with van der Waals surface area (Å²) in [6, 6.07) is 15.1. The number of carbonyl (C=O) groups is 1. The number of amides is 1. The van der Waals surface area contributed by atoms with Crippen molar-refractivity contribution in [2.75, 3.05) is 11.9 Å². The topological polar surface area (TPSA) is 73.2 Å². The fourth-order valence-electron chi connectivity index (χ4n) is 3.69. The minimum absolute atomic E-state index is 0.137. The molecule has 0 spiro atoms. The molecule has 4 rings (SSSR count). The van der Waals surface area contributed by atoms with Gasteiger partial charge in [0.05, 0.1) is 12.2 Å². The molecule has 1 aliphatic heterocycles. The molecule has 0 unspecified atom stereocenters. The number of ether oxygens (including phenoxy) is 1. The van der Waals surface area contributed by atoms with Crippen molar-refractivity contribution in [1.82, 2.24) is 9.55 Å². The van der Waals surface area contributed by atoms with Crippen LogP contribution in [0.3, 0.4) is 0 Å². The zero-order valence-corrected chi connectivity index (χ0v) is 18.8. The smallest absolute Gasteiger partial charge is 0.279 e. The predicted octanol–water partition coefficient (Wildman–Crippen LogP) is 4.60. The predicted molar refractivity (Wildman–Crippen MR) is 123 cm³/mol. The molecule has 1 N–H and O–H groups in total. The van der Waals surface area contributed by atoms with E-state index in [0.29, 0.717) is 39.7 Å². The van der Waals surface area contributed by atoms with Gasteiger partial charge in [-0.25, -0.2) is 0 Å². The molecule has 0 saturated carbocycles. The van der Waals surface area contributed by atoms with Crippen LogP contribution in [-0.2, 0) is 17.6 Å². The van der Waals surface area contributed by atoms with E-state index in [4.69, 9.17) is 16.3 Å². The third-order valence-corrected chi connectivity index (χ3v) is 6.63. The molecule has 0 bridgehead atoms. The molecule has 31 heavy (non-hydrogen) atoms. The van der Waals surface area contributed by atoms with Crippen LogP contribution >= 0.6 is 23.4 Å². The van der Waals surface area contributed by atoms with Gasteiger partial charge in [0.2, 0.25) is 5.91 Å². The number of nitrogens with one attached hydrogen (secondary N) is 1. The van der Waals surface area contributed by atoms with Gasteiger partial charge in [-0.2, -0.15) is 4.98 Å². The number of halogens is 1. The van der Waals surface area contributed by atoms with E-state index < -0.39 is 0 Å². The Morgan fingerprint density at radius 3 is 2.81 bits per heavy atom. The average Bonchev–Trinajstić information content (AvgIpc) is 2.76. The maximum Gasteiger partial charge on any atom is 0.279 e. The first-order chi connectivity index (χ1) is 15.0. The lowest BCUT2D eigenvalue weighted by Gasteiger charge is -2.27. The highest BCUT2D eigenvalue weighted by Gasteiger charge is 2.32. The van der Waals surface area contributed by atoms with E-state index in [1.807, 2.05) is 55.5 Å². The summed E-state index contributed by atoms with van der Waals surface area (Å²) in [5.41, 5.74) is 1.98. The van der Waals surface area contributed by atoms with Gasteiger partial charge < -0.3 is 14.6 Å². The Kier molecular flexibility index (Phi) is 6.34. The summed E-state index contributed by atoms with van der Waals surface area (Å²) in [6.45, 7) is 2.46. The number of nitrogens with zero attached hydrogens (tertiary/aromatic N) is 2. The molecule has 1 atom stereocenters. The van der Waals surface area contributed by atoms with Crippen LogP contribution in [0.5, 0.6) is 5.75 Å². The van der Waals surface area contributed by atoms with E-state index in [9.17, 15) is 9.59 Å². The molecule has 160 valence electrons. The highest BCUT2D eigenvalue weighted by atomic mass is 35.5. The molecular formula is C23H22ClN3O3S. The van der Waals surface area contributed by atoms with Gasteiger partial charge in [0.1, 0.15) is 11.6 Å². The summed E-state index contributed by atoms with van der Waals surface area (Å²) in [6.07, 6.45) is 0.186. The van der Waals surface area contributed by atoms with Gasteiger partial charge in [0.15, 0.2) is 5.16 Å². The van der Waals surface area contributed by atoms with Gasteiger partial charge in [-0.05, 0) is 36.2 Å². The molecule has 0 saturated heterocycles. The maximum absolute atomic E-state index is 13.1. The van der Waals surface area contributed by atoms with Gasteiger partial charge >= 0.3 is 0 Å². The summed E-state index contributed by atoms with van der Waals surface area (Å²) >= 11 is 7.65. The van der Waals surface area contributed by atoms with Crippen molar-refractivity contribution in [3.8, 4) is 5.75 Å². The molecule has 1 amide bonds. The van der Waals surface area contributed by atoms with Crippen molar-refractivity contribution < 1.29 is 9.53 Å². The lowest BCUT2D eigenvalue weighted by molar-refractivity contribution is -0.116. The molecule has 6 nitrogen and oxygen atoms in total. The number of hydrogen-bond donors (Lipinski definition) is 1. The zero-order chi connectivity index (χ0) is 22.0. The van der Waals surface area contributed by atoms with Crippen molar-refractivity contribution in [3.63, 3.8) is 0 Å². The Morgan fingerprint density at radius 1 is 1.23 bits per heavy atom. The lowest BCUT2D eigenvalue weighted by atomic mass is 9.86. The van der Waals surface area contributed by atoms with Crippen LogP contribution in [0, 0.1) is 0 Å². The van der Waals surface area contributed by atoms with Crippen LogP contribution in [0.15, 0.2) is 58.5 Å². The maximum atomic E-state index is 13.1.